The van der Waals surface area contributed by atoms with Crippen molar-refractivity contribution in [3.8, 4) is 5.75 Å². The summed E-state index contributed by atoms with van der Waals surface area (Å²) in [5, 5.41) is 7.17. The van der Waals surface area contributed by atoms with Gasteiger partial charge in [0, 0.05) is 12.2 Å². The van der Waals surface area contributed by atoms with Gasteiger partial charge in [-0.05, 0) is 56.3 Å². The summed E-state index contributed by atoms with van der Waals surface area (Å²) < 4.78 is 25.7. The van der Waals surface area contributed by atoms with Gasteiger partial charge in [0.1, 0.15) is 23.9 Å². The third kappa shape index (κ3) is 4.72. The van der Waals surface area contributed by atoms with Gasteiger partial charge in [0.2, 0.25) is 0 Å². The molecule has 3 rings (SSSR count). The summed E-state index contributed by atoms with van der Waals surface area (Å²) in [5.74, 6) is 0.626. The van der Waals surface area contributed by atoms with Gasteiger partial charge in [0.15, 0.2) is 5.76 Å². The van der Waals surface area contributed by atoms with Gasteiger partial charge in [-0.3, -0.25) is 9.48 Å². The molecule has 1 amide bonds. The first-order valence-electron chi connectivity index (χ1n) is 8.27. The maximum atomic E-state index is 12.9. The molecule has 0 spiro atoms. The van der Waals surface area contributed by atoms with Crippen LogP contribution in [-0.2, 0) is 13.2 Å². The lowest BCUT2D eigenvalue weighted by Crippen LogP contribution is -2.35. The fourth-order valence-electron chi connectivity index (χ4n) is 2.45. The number of halogens is 1. The predicted octanol–water partition coefficient (Wildman–Crippen LogP) is 3.32. The van der Waals surface area contributed by atoms with E-state index in [2.05, 4.69) is 10.4 Å². The Bertz CT molecular complexity index is 870. The van der Waals surface area contributed by atoms with Gasteiger partial charge in [0.05, 0.1) is 12.2 Å². The highest BCUT2D eigenvalue weighted by atomic mass is 19.1. The van der Waals surface area contributed by atoms with E-state index in [0.717, 1.165) is 5.69 Å². The minimum Gasteiger partial charge on any atom is -0.486 e. The molecule has 1 aromatic carbocycles. The second-order valence-corrected chi connectivity index (χ2v) is 6.06. The topological polar surface area (TPSA) is 69.3 Å². The molecule has 0 aliphatic rings. The zero-order chi connectivity index (χ0) is 18.5. The highest BCUT2D eigenvalue weighted by Gasteiger charge is 2.15. The quantitative estimate of drug-likeness (QED) is 0.704. The smallest absolute Gasteiger partial charge is 0.287 e. The first kappa shape index (κ1) is 17.7. The summed E-state index contributed by atoms with van der Waals surface area (Å²) in [4.78, 5) is 12.3. The third-order valence-corrected chi connectivity index (χ3v) is 3.69. The molecule has 7 heteroatoms. The molecule has 0 saturated heterocycles. The Morgan fingerprint density at radius 3 is 2.73 bits per heavy atom. The Balaban J connectivity index is 1.51. The lowest BCUT2D eigenvalue weighted by Gasteiger charge is -2.12. The molecular formula is C19H20FN3O3. The van der Waals surface area contributed by atoms with E-state index in [9.17, 15) is 9.18 Å². The van der Waals surface area contributed by atoms with Gasteiger partial charge in [-0.15, -0.1) is 0 Å². The SMILES string of the molecule is Cc1ccn(CC(C)NC(=O)c2ccc(COc3ccc(F)cc3)o2)n1. The van der Waals surface area contributed by atoms with Crippen molar-refractivity contribution < 1.29 is 18.3 Å². The average molecular weight is 357 g/mol. The van der Waals surface area contributed by atoms with Gasteiger partial charge in [-0.1, -0.05) is 0 Å². The minimum absolute atomic E-state index is 0.106. The number of benzene rings is 1. The zero-order valence-corrected chi connectivity index (χ0v) is 14.6. The van der Waals surface area contributed by atoms with Crippen LogP contribution in [0, 0.1) is 12.7 Å². The van der Waals surface area contributed by atoms with E-state index in [1.54, 1.807) is 16.8 Å². The van der Waals surface area contributed by atoms with Crippen molar-refractivity contribution in [2.24, 2.45) is 0 Å². The van der Waals surface area contributed by atoms with Crippen LogP contribution in [0.1, 0.15) is 28.9 Å². The summed E-state index contributed by atoms with van der Waals surface area (Å²) in [6.45, 7) is 4.54. The molecule has 1 N–H and O–H groups in total. The second kappa shape index (κ2) is 7.86. The van der Waals surface area contributed by atoms with Crippen LogP contribution in [0.3, 0.4) is 0 Å². The Morgan fingerprint density at radius 1 is 1.27 bits per heavy atom. The van der Waals surface area contributed by atoms with E-state index >= 15 is 0 Å². The van der Waals surface area contributed by atoms with Crippen molar-refractivity contribution in [1.82, 2.24) is 15.1 Å². The van der Waals surface area contributed by atoms with Crippen molar-refractivity contribution >= 4 is 5.91 Å². The monoisotopic (exact) mass is 357 g/mol. The van der Waals surface area contributed by atoms with Crippen molar-refractivity contribution in [2.75, 3.05) is 0 Å². The molecule has 1 atom stereocenters. The molecule has 136 valence electrons. The molecule has 0 saturated carbocycles. The summed E-state index contributed by atoms with van der Waals surface area (Å²) in [5.41, 5.74) is 0.931. The van der Waals surface area contributed by atoms with Crippen LogP contribution in [0.15, 0.2) is 53.1 Å². The Labute approximate surface area is 150 Å². The van der Waals surface area contributed by atoms with E-state index in [-0.39, 0.29) is 30.1 Å². The standard InChI is InChI=1S/C19H20FN3O3/c1-13-9-10-23(22-13)11-14(2)21-19(24)18-8-7-17(26-18)12-25-16-5-3-15(20)4-6-16/h3-10,14H,11-12H2,1-2H3,(H,21,24). The molecule has 0 fully saturated rings. The summed E-state index contributed by atoms with van der Waals surface area (Å²) in [6.07, 6.45) is 1.87. The van der Waals surface area contributed by atoms with E-state index < -0.39 is 0 Å². The van der Waals surface area contributed by atoms with Crippen LogP contribution in [0.25, 0.3) is 0 Å². The number of hydrogen-bond donors (Lipinski definition) is 1. The minimum atomic E-state index is -0.325. The first-order valence-corrected chi connectivity index (χ1v) is 8.27. The maximum Gasteiger partial charge on any atom is 0.287 e. The summed E-state index contributed by atoms with van der Waals surface area (Å²) >= 11 is 0. The maximum absolute atomic E-state index is 12.9. The molecule has 2 heterocycles. The Kier molecular flexibility index (Phi) is 5.36. The third-order valence-electron chi connectivity index (χ3n) is 3.69. The number of rotatable bonds is 7. The van der Waals surface area contributed by atoms with Crippen LogP contribution < -0.4 is 10.1 Å². The van der Waals surface area contributed by atoms with Gasteiger partial charge in [0.25, 0.3) is 5.91 Å². The molecule has 0 aliphatic heterocycles. The number of carbonyl (C=O) groups is 1. The van der Waals surface area contributed by atoms with Crippen LogP contribution in [0.2, 0.25) is 0 Å². The highest BCUT2D eigenvalue weighted by molar-refractivity contribution is 5.91. The molecular weight excluding hydrogens is 337 g/mol. The first-order chi connectivity index (χ1) is 12.5. The molecule has 0 radical (unpaired) electrons. The average Bonchev–Trinajstić information content (AvgIpc) is 3.23. The van der Waals surface area contributed by atoms with Crippen LogP contribution in [-0.4, -0.2) is 21.7 Å². The number of furan rings is 1. The van der Waals surface area contributed by atoms with Crippen LogP contribution in [0.5, 0.6) is 5.75 Å². The van der Waals surface area contributed by atoms with E-state index in [0.29, 0.717) is 18.1 Å². The van der Waals surface area contributed by atoms with Crippen molar-refractivity contribution in [2.45, 2.75) is 33.0 Å². The lowest BCUT2D eigenvalue weighted by atomic mass is 10.3. The number of aromatic nitrogens is 2. The Morgan fingerprint density at radius 2 is 2.04 bits per heavy atom. The number of hydrogen-bond acceptors (Lipinski definition) is 4. The van der Waals surface area contributed by atoms with Crippen molar-refractivity contribution in [3.05, 3.63) is 71.7 Å². The largest absolute Gasteiger partial charge is 0.486 e. The number of carbonyl (C=O) groups excluding carboxylic acids is 1. The molecule has 0 bridgehead atoms. The van der Waals surface area contributed by atoms with Crippen LogP contribution in [0.4, 0.5) is 4.39 Å². The fraction of sp³-hybridized carbons (Fsp3) is 0.263. The second-order valence-electron chi connectivity index (χ2n) is 6.06. The number of nitrogens with zero attached hydrogens (tertiary/aromatic N) is 2. The highest BCUT2D eigenvalue weighted by Crippen LogP contribution is 2.15. The summed E-state index contributed by atoms with van der Waals surface area (Å²) in [6, 6.07) is 10.8. The van der Waals surface area contributed by atoms with E-state index in [1.165, 1.54) is 24.3 Å². The number of nitrogens with one attached hydrogen (secondary N) is 1. The van der Waals surface area contributed by atoms with Crippen molar-refractivity contribution in [3.63, 3.8) is 0 Å². The molecule has 26 heavy (non-hydrogen) atoms. The zero-order valence-electron chi connectivity index (χ0n) is 14.6. The molecule has 6 nitrogen and oxygen atoms in total. The molecule has 0 aliphatic carbocycles. The van der Waals surface area contributed by atoms with E-state index in [4.69, 9.17) is 9.15 Å². The van der Waals surface area contributed by atoms with Crippen LogP contribution >= 0.6 is 0 Å². The molecule has 1 unspecified atom stereocenters. The fourth-order valence-corrected chi connectivity index (χ4v) is 2.45. The molecule has 3 aromatic rings. The molecule has 2 aromatic heterocycles. The van der Waals surface area contributed by atoms with E-state index in [1.807, 2.05) is 26.1 Å². The Hall–Kier alpha value is -3.09. The van der Waals surface area contributed by atoms with Gasteiger partial charge in [-0.25, -0.2) is 4.39 Å². The predicted molar refractivity (Wildman–Crippen MR) is 93.3 cm³/mol. The normalized spacial score (nSPS) is 12.0. The lowest BCUT2D eigenvalue weighted by molar-refractivity contribution is 0.0904. The van der Waals surface area contributed by atoms with Gasteiger partial charge < -0.3 is 14.5 Å². The number of amides is 1. The van der Waals surface area contributed by atoms with Gasteiger partial charge in [-0.2, -0.15) is 5.10 Å². The number of ether oxygens (including phenoxy) is 1. The van der Waals surface area contributed by atoms with Crippen molar-refractivity contribution in [1.29, 1.82) is 0 Å². The number of aryl methyl sites for hydroxylation is 1. The summed E-state index contributed by atoms with van der Waals surface area (Å²) in [7, 11) is 0. The van der Waals surface area contributed by atoms with Gasteiger partial charge >= 0.3 is 0 Å².